The minimum atomic E-state index is -1.36. The van der Waals surface area contributed by atoms with Gasteiger partial charge in [0, 0.05) is 0 Å². The van der Waals surface area contributed by atoms with Crippen LogP contribution in [0, 0.1) is 5.41 Å². The molecule has 0 unspecified atom stereocenters. The van der Waals surface area contributed by atoms with E-state index >= 15 is 0 Å². The summed E-state index contributed by atoms with van der Waals surface area (Å²) in [7, 11) is 2.57. The number of allylic oxidation sites excluding steroid dienone is 5. The molecule has 0 aliphatic heterocycles. The van der Waals surface area contributed by atoms with E-state index < -0.39 is 17.4 Å². The molecule has 0 atom stereocenters. The molecule has 4 heteroatoms. The Morgan fingerprint density at radius 2 is 1.52 bits per heavy atom. The summed E-state index contributed by atoms with van der Waals surface area (Å²) in [5.74, 6) is -1.15. The highest BCUT2D eigenvalue weighted by atomic mass is 16.5. The summed E-state index contributed by atoms with van der Waals surface area (Å²) >= 11 is 0. The van der Waals surface area contributed by atoms with Crippen LogP contribution in [0.1, 0.15) is 40.5 Å². The van der Waals surface area contributed by atoms with E-state index in [1.807, 2.05) is 33.8 Å². The number of methoxy groups -OCH3 is 2. The van der Waals surface area contributed by atoms with E-state index in [9.17, 15) is 9.59 Å². The molecule has 0 N–H and O–H groups in total. The monoisotopic (exact) mass is 292 g/mol. The van der Waals surface area contributed by atoms with Crippen molar-refractivity contribution in [3.8, 4) is 0 Å². The maximum Gasteiger partial charge on any atom is 0.327 e. The van der Waals surface area contributed by atoms with Crippen molar-refractivity contribution in [3.63, 3.8) is 0 Å². The lowest BCUT2D eigenvalue weighted by Crippen LogP contribution is -2.39. The number of rotatable bonds is 2. The van der Waals surface area contributed by atoms with E-state index in [4.69, 9.17) is 9.47 Å². The number of ether oxygens (including phenoxy) is 2. The Kier molecular flexibility index (Phi) is 5.53. The summed E-state index contributed by atoms with van der Waals surface area (Å²) in [5, 5.41) is 0. The van der Waals surface area contributed by atoms with E-state index in [-0.39, 0.29) is 0 Å². The third kappa shape index (κ3) is 3.26. The van der Waals surface area contributed by atoms with Crippen LogP contribution in [0.4, 0.5) is 0 Å². The first-order valence-electron chi connectivity index (χ1n) is 7.00. The van der Waals surface area contributed by atoms with Gasteiger partial charge in [0.15, 0.2) is 5.41 Å². The van der Waals surface area contributed by atoms with E-state index in [1.165, 1.54) is 25.4 Å². The van der Waals surface area contributed by atoms with Gasteiger partial charge in [0.25, 0.3) is 0 Å². The fourth-order valence-corrected chi connectivity index (χ4v) is 2.64. The van der Waals surface area contributed by atoms with Crippen molar-refractivity contribution in [1.82, 2.24) is 0 Å². The predicted molar refractivity (Wildman–Crippen MR) is 81.6 cm³/mol. The zero-order valence-electron chi connectivity index (χ0n) is 13.7. The Labute approximate surface area is 126 Å². The smallest absolute Gasteiger partial charge is 0.327 e. The molecular weight excluding hydrogens is 268 g/mol. The van der Waals surface area contributed by atoms with Crippen molar-refractivity contribution >= 4 is 11.9 Å². The van der Waals surface area contributed by atoms with Crippen LogP contribution in [0.5, 0.6) is 0 Å². The molecule has 1 aliphatic carbocycles. The molecular formula is C17H24O4. The summed E-state index contributed by atoms with van der Waals surface area (Å²) in [6.07, 6.45) is 4.45. The minimum Gasteiger partial charge on any atom is -0.468 e. The normalized spacial score (nSPS) is 17.0. The van der Waals surface area contributed by atoms with Gasteiger partial charge in [-0.15, -0.1) is 0 Å². The van der Waals surface area contributed by atoms with Gasteiger partial charge in [0.05, 0.1) is 14.2 Å². The highest BCUT2D eigenvalue weighted by Crippen LogP contribution is 2.38. The number of carbonyl (C=O) groups is 2. The van der Waals surface area contributed by atoms with Gasteiger partial charge in [-0.05, 0) is 51.7 Å². The molecule has 0 radical (unpaired) electrons. The average Bonchev–Trinajstić information content (AvgIpc) is 2.66. The van der Waals surface area contributed by atoms with E-state index in [1.54, 1.807) is 6.08 Å². The van der Waals surface area contributed by atoms with Crippen LogP contribution < -0.4 is 0 Å². The van der Waals surface area contributed by atoms with Gasteiger partial charge >= 0.3 is 11.9 Å². The van der Waals surface area contributed by atoms with Gasteiger partial charge in [-0.1, -0.05) is 23.3 Å². The van der Waals surface area contributed by atoms with Gasteiger partial charge in [0.1, 0.15) is 0 Å². The van der Waals surface area contributed by atoms with E-state index in [0.29, 0.717) is 12.8 Å². The van der Waals surface area contributed by atoms with Crippen molar-refractivity contribution < 1.29 is 19.1 Å². The summed E-state index contributed by atoms with van der Waals surface area (Å²) in [6, 6.07) is 0. The summed E-state index contributed by atoms with van der Waals surface area (Å²) in [6.45, 7) is 8.11. The molecule has 0 saturated heterocycles. The van der Waals surface area contributed by atoms with E-state index in [0.717, 1.165) is 11.1 Å². The quantitative estimate of drug-likeness (QED) is 0.578. The van der Waals surface area contributed by atoms with Crippen LogP contribution in [0.2, 0.25) is 0 Å². The summed E-state index contributed by atoms with van der Waals surface area (Å²) in [4.78, 5) is 24.4. The van der Waals surface area contributed by atoms with Crippen molar-refractivity contribution in [2.45, 2.75) is 40.5 Å². The molecule has 0 fully saturated rings. The van der Waals surface area contributed by atoms with Crippen LogP contribution in [-0.2, 0) is 19.1 Å². The van der Waals surface area contributed by atoms with Crippen molar-refractivity contribution in [2.75, 3.05) is 14.2 Å². The molecule has 0 saturated carbocycles. The Bertz CT molecular complexity index is 511. The Morgan fingerprint density at radius 3 is 1.90 bits per heavy atom. The first kappa shape index (κ1) is 17.2. The summed E-state index contributed by atoms with van der Waals surface area (Å²) in [5.41, 5.74) is 3.21. The van der Waals surface area contributed by atoms with Crippen LogP contribution >= 0.6 is 0 Å². The molecule has 0 aromatic carbocycles. The molecule has 21 heavy (non-hydrogen) atoms. The molecule has 0 bridgehead atoms. The molecule has 0 spiro atoms. The predicted octanol–water partition coefficient (Wildman–Crippen LogP) is 3.34. The number of hydrogen-bond donors (Lipinski definition) is 0. The zero-order chi connectivity index (χ0) is 16.2. The van der Waals surface area contributed by atoms with Gasteiger partial charge in [-0.2, -0.15) is 0 Å². The Hall–Kier alpha value is -1.84. The fourth-order valence-electron chi connectivity index (χ4n) is 2.64. The molecule has 0 heterocycles. The maximum absolute atomic E-state index is 12.2. The third-order valence-electron chi connectivity index (χ3n) is 3.87. The van der Waals surface area contributed by atoms with Crippen LogP contribution in [0.3, 0.4) is 0 Å². The minimum absolute atomic E-state index is 0.347. The first-order valence-corrected chi connectivity index (χ1v) is 7.00. The molecule has 1 rings (SSSR count). The second kappa shape index (κ2) is 6.74. The van der Waals surface area contributed by atoms with Crippen LogP contribution in [0.25, 0.3) is 0 Å². The molecule has 0 aromatic heterocycles. The molecule has 1 aliphatic rings. The standard InChI is InChI=1S/C17H24O4/c1-11(2)13-7-9-17(15(18)20-5,16(19)21-6)10-8-14(13)12(3)4/h7,9H,8,10H2,1-6H3. The lowest BCUT2D eigenvalue weighted by molar-refractivity contribution is -0.165. The van der Waals surface area contributed by atoms with Crippen molar-refractivity contribution in [2.24, 2.45) is 5.41 Å². The maximum atomic E-state index is 12.2. The highest BCUT2D eigenvalue weighted by Gasteiger charge is 2.47. The summed E-state index contributed by atoms with van der Waals surface area (Å²) < 4.78 is 9.68. The first-order chi connectivity index (χ1) is 9.80. The molecule has 0 amide bonds. The van der Waals surface area contributed by atoms with Gasteiger partial charge < -0.3 is 9.47 Å². The van der Waals surface area contributed by atoms with Gasteiger partial charge in [0.2, 0.25) is 0 Å². The van der Waals surface area contributed by atoms with Crippen LogP contribution in [0.15, 0.2) is 34.4 Å². The number of hydrogen-bond acceptors (Lipinski definition) is 4. The molecule has 4 nitrogen and oxygen atoms in total. The van der Waals surface area contributed by atoms with Gasteiger partial charge in [-0.25, -0.2) is 0 Å². The Morgan fingerprint density at radius 1 is 1.00 bits per heavy atom. The SMILES string of the molecule is COC(=O)C1(C(=O)OC)C=CC(=C(C)C)C(=C(C)C)CC1. The zero-order valence-corrected chi connectivity index (χ0v) is 13.7. The topological polar surface area (TPSA) is 52.6 Å². The lowest BCUT2D eigenvalue weighted by atomic mass is 9.83. The van der Waals surface area contributed by atoms with Gasteiger partial charge in [-0.3, -0.25) is 9.59 Å². The lowest BCUT2D eigenvalue weighted by Gasteiger charge is -2.23. The third-order valence-corrected chi connectivity index (χ3v) is 3.87. The number of esters is 2. The largest absolute Gasteiger partial charge is 0.468 e. The van der Waals surface area contributed by atoms with Crippen molar-refractivity contribution in [1.29, 1.82) is 0 Å². The molecule has 116 valence electrons. The highest BCUT2D eigenvalue weighted by molar-refractivity contribution is 6.02. The van der Waals surface area contributed by atoms with E-state index in [2.05, 4.69) is 0 Å². The second-order valence-corrected chi connectivity index (χ2v) is 5.68. The number of carbonyl (C=O) groups excluding carboxylic acids is 2. The second-order valence-electron chi connectivity index (χ2n) is 5.68. The van der Waals surface area contributed by atoms with Crippen LogP contribution in [-0.4, -0.2) is 26.2 Å². The average molecular weight is 292 g/mol. The molecule has 0 aromatic rings. The van der Waals surface area contributed by atoms with Crippen molar-refractivity contribution in [3.05, 3.63) is 34.4 Å². The fraction of sp³-hybridized carbons (Fsp3) is 0.529. The Balaban J connectivity index is 3.46.